The Kier molecular flexibility index (Phi) is 5.71. The number of rotatable bonds is 4. The van der Waals surface area contributed by atoms with Crippen LogP contribution in [0.5, 0.6) is 0 Å². The summed E-state index contributed by atoms with van der Waals surface area (Å²) in [6.07, 6.45) is -5.29. The fourth-order valence-corrected chi connectivity index (χ4v) is 3.66. The van der Waals surface area contributed by atoms with Gasteiger partial charge in [-0.05, 0) is 30.7 Å². The predicted octanol–water partition coefficient (Wildman–Crippen LogP) is 5.28. The molecule has 1 heterocycles. The van der Waals surface area contributed by atoms with Crippen molar-refractivity contribution in [2.75, 3.05) is 11.5 Å². The van der Waals surface area contributed by atoms with Crippen LogP contribution in [0.3, 0.4) is 0 Å². The van der Waals surface area contributed by atoms with Gasteiger partial charge in [0.15, 0.2) is 0 Å². The van der Waals surface area contributed by atoms with E-state index in [9.17, 15) is 37.3 Å². The number of carbonyl (C=O) groups excluding carboxylic acids is 2. The first kappa shape index (κ1) is 23.2. The number of hydrogen-bond acceptors (Lipinski definition) is 5. The van der Waals surface area contributed by atoms with Crippen LogP contribution in [0.2, 0.25) is 0 Å². The molecule has 7 nitrogen and oxygen atoms in total. The molecule has 0 aromatic heterocycles. The highest BCUT2D eigenvalue weighted by atomic mass is 19.4. The number of ether oxygens (including phenoxy) is 1. The second-order valence-electron chi connectivity index (χ2n) is 7.82. The summed E-state index contributed by atoms with van der Waals surface area (Å²) in [5.41, 5.74) is -4.30. The minimum absolute atomic E-state index is 0.0654. The number of esters is 1. The van der Waals surface area contributed by atoms with Crippen LogP contribution in [0.15, 0.2) is 30.3 Å². The van der Waals surface area contributed by atoms with Crippen LogP contribution in [0.25, 0.3) is 0 Å². The number of alkyl halides is 3. The van der Waals surface area contributed by atoms with E-state index < -0.39 is 56.7 Å². The maximum absolute atomic E-state index is 14.7. The molecule has 0 atom stereocenters. The number of nitro groups is 1. The van der Waals surface area contributed by atoms with Gasteiger partial charge in [-0.2, -0.15) is 13.2 Å². The number of anilines is 2. The van der Waals surface area contributed by atoms with Crippen molar-refractivity contribution in [1.29, 1.82) is 0 Å². The zero-order valence-corrected chi connectivity index (χ0v) is 17.2. The van der Waals surface area contributed by atoms with Crippen molar-refractivity contribution in [3.63, 3.8) is 0 Å². The maximum Gasteiger partial charge on any atom is 0.418 e. The van der Waals surface area contributed by atoms with Gasteiger partial charge in [-0.15, -0.1) is 0 Å². The lowest BCUT2D eigenvalue weighted by molar-refractivity contribution is -0.385. The highest BCUT2D eigenvalue weighted by Crippen LogP contribution is 2.48. The molecule has 0 N–H and O–H groups in total. The third-order valence-corrected chi connectivity index (χ3v) is 5.13. The zero-order chi connectivity index (χ0) is 24.0. The van der Waals surface area contributed by atoms with E-state index in [4.69, 9.17) is 4.74 Å². The largest absolute Gasteiger partial charge is 0.462 e. The van der Waals surface area contributed by atoms with Crippen molar-refractivity contribution in [2.45, 2.75) is 38.8 Å². The Labute approximate surface area is 179 Å². The van der Waals surface area contributed by atoms with E-state index >= 15 is 0 Å². The molecule has 32 heavy (non-hydrogen) atoms. The van der Waals surface area contributed by atoms with E-state index in [0.29, 0.717) is 6.07 Å². The Hall–Kier alpha value is -3.50. The Morgan fingerprint density at radius 2 is 1.88 bits per heavy atom. The number of amides is 1. The number of nitrogens with zero attached hydrogens (tertiary/aromatic N) is 2. The van der Waals surface area contributed by atoms with E-state index in [1.54, 1.807) is 13.8 Å². The molecule has 170 valence electrons. The van der Waals surface area contributed by atoms with Gasteiger partial charge in [-0.25, -0.2) is 9.18 Å². The number of benzene rings is 2. The Morgan fingerprint density at radius 3 is 2.44 bits per heavy atom. The highest BCUT2D eigenvalue weighted by Gasteiger charge is 2.43. The molecule has 1 amide bonds. The average Bonchev–Trinajstić information content (AvgIpc) is 2.67. The Bertz CT molecular complexity index is 1130. The van der Waals surface area contributed by atoms with E-state index in [2.05, 4.69) is 0 Å². The third-order valence-electron chi connectivity index (χ3n) is 5.13. The lowest BCUT2D eigenvalue weighted by Crippen LogP contribution is -2.40. The third kappa shape index (κ3) is 4.02. The lowest BCUT2D eigenvalue weighted by atomic mass is 9.76. The molecule has 11 heteroatoms. The van der Waals surface area contributed by atoms with Crippen molar-refractivity contribution in [1.82, 2.24) is 0 Å². The minimum Gasteiger partial charge on any atom is -0.462 e. The standard InChI is InChI=1S/C21H18F4N2O5/c1-4-32-19(29)12-8-17-13(9-15(12)22)20(2,3)10-18(28)26(17)16-6-5-11(27(30)31)7-14(16)21(23,24)25/h5-9H,4,10H2,1-3H3. The first-order valence-electron chi connectivity index (χ1n) is 9.47. The zero-order valence-electron chi connectivity index (χ0n) is 17.2. The molecule has 3 rings (SSSR count). The first-order chi connectivity index (χ1) is 14.8. The molecule has 0 bridgehead atoms. The predicted molar refractivity (Wildman–Crippen MR) is 105 cm³/mol. The smallest absolute Gasteiger partial charge is 0.418 e. The molecule has 1 aliphatic heterocycles. The molecule has 0 unspecified atom stereocenters. The lowest BCUT2D eigenvalue weighted by Gasteiger charge is -2.39. The summed E-state index contributed by atoms with van der Waals surface area (Å²) in [6.45, 7) is 4.67. The van der Waals surface area contributed by atoms with Crippen LogP contribution in [0, 0.1) is 15.9 Å². The summed E-state index contributed by atoms with van der Waals surface area (Å²) >= 11 is 0. The van der Waals surface area contributed by atoms with Gasteiger partial charge in [-0.1, -0.05) is 13.8 Å². The summed E-state index contributed by atoms with van der Waals surface area (Å²) < 4.78 is 60.8. The fourth-order valence-electron chi connectivity index (χ4n) is 3.66. The van der Waals surface area contributed by atoms with Crippen molar-refractivity contribution in [2.24, 2.45) is 0 Å². The summed E-state index contributed by atoms with van der Waals surface area (Å²) in [6, 6.07) is 3.96. The number of non-ortho nitro benzene ring substituents is 1. The van der Waals surface area contributed by atoms with Crippen LogP contribution >= 0.6 is 0 Å². The number of hydrogen-bond donors (Lipinski definition) is 0. The molecule has 0 saturated carbocycles. The monoisotopic (exact) mass is 454 g/mol. The van der Waals surface area contributed by atoms with Gasteiger partial charge < -0.3 is 4.74 Å². The molecular weight excluding hydrogens is 436 g/mol. The van der Waals surface area contributed by atoms with Gasteiger partial charge >= 0.3 is 12.1 Å². The molecule has 2 aromatic rings. The fraction of sp³-hybridized carbons (Fsp3) is 0.333. The number of carbonyl (C=O) groups is 2. The minimum atomic E-state index is -5.03. The van der Waals surface area contributed by atoms with Crippen molar-refractivity contribution in [3.05, 3.63) is 63.0 Å². The highest BCUT2D eigenvalue weighted by molar-refractivity contribution is 6.06. The normalized spacial score (nSPS) is 15.3. The van der Waals surface area contributed by atoms with E-state index in [0.717, 1.165) is 29.2 Å². The summed E-state index contributed by atoms with van der Waals surface area (Å²) in [7, 11) is 0. The Balaban J connectivity index is 2.32. The average molecular weight is 454 g/mol. The second-order valence-corrected chi connectivity index (χ2v) is 7.82. The van der Waals surface area contributed by atoms with Gasteiger partial charge in [0.2, 0.25) is 5.91 Å². The maximum atomic E-state index is 14.7. The van der Waals surface area contributed by atoms with Crippen LogP contribution in [-0.4, -0.2) is 23.4 Å². The molecule has 2 aromatic carbocycles. The van der Waals surface area contributed by atoms with Crippen LogP contribution < -0.4 is 4.90 Å². The molecule has 0 saturated heterocycles. The molecule has 0 fully saturated rings. The summed E-state index contributed by atoms with van der Waals surface area (Å²) in [5.74, 6) is -2.73. The van der Waals surface area contributed by atoms with Crippen LogP contribution in [0.1, 0.15) is 48.7 Å². The van der Waals surface area contributed by atoms with Crippen molar-refractivity contribution in [3.8, 4) is 0 Å². The second kappa shape index (κ2) is 7.88. The Morgan fingerprint density at radius 1 is 1.22 bits per heavy atom. The number of nitro benzene ring substituents is 1. The molecule has 0 aliphatic carbocycles. The number of fused-ring (bicyclic) bond motifs is 1. The van der Waals surface area contributed by atoms with E-state index in [1.807, 2.05) is 0 Å². The quantitative estimate of drug-likeness (QED) is 0.272. The van der Waals surface area contributed by atoms with Crippen molar-refractivity contribution < 1.29 is 36.8 Å². The summed E-state index contributed by atoms with van der Waals surface area (Å²) in [4.78, 5) is 35.9. The van der Waals surface area contributed by atoms with Crippen molar-refractivity contribution >= 4 is 28.9 Å². The van der Waals surface area contributed by atoms with Crippen LogP contribution in [0.4, 0.5) is 34.6 Å². The SMILES string of the molecule is CCOC(=O)c1cc2c(cc1F)C(C)(C)CC(=O)N2c1ccc([N+](=O)[O-])cc1C(F)(F)F. The number of halogens is 4. The molecule has 0 radical (unpaired) electrons. The van der Waals surface area contributed by atoms with Gasteiger partial charge in [0, 0.05) is 24.0 Å². The topological polar surface area (TPSA) is 89.8 Å². The molecule has 0 spiro atoms. The molecular formula is C21H18F4N2O5. The first-order valence-corrected chi connectivity index (χ1v) is 9.47. The van der Waals surface area contributed by atoms with Crippen LogP contribution in [-0.2, 0) is 21.1 Å². The molecule has 1 aliphatic rings. The van der Waals surface area contributed by atoms with E-state index in [-0.39, 0.29) is 24.3 Å². The van der Waals surface area contributed by atoms with Gasteiger partial charge in [0.1, 0.15) is 5.82 Å². The van der Waals surface area contributed by atoms with Gasteiger partial charge in [0.25, 0.3) is 5.69 Å². The summed E-state index contributed by atoms with van der Waals surface area (Å²) in [5, 5.41) is 11.0. The van der Waals surface area contributed by atoms with Gasteiger partial charge in [0.05, 0.1) is 34.0 Å². The van der Waals surface area contributed by atoms with E-state index in [1.165, 1.54) is 6.92 Å². The van der Waals surface area contributed by atoms with Gasteiger partial charge in [-0.3, -0.25) is 19.8 Å².